The lowest BCUT2D eigenvalue weighted by Gasteiger charge is -2.14. The molecular formula is C14H20O3Si. The highest BCUT2D eigenvalue weighted by Crippen LogP contribution is 2.08. The molecule has 0 aromatic heterocycles. The van der Waals surface area contributed by atoms with E-state index < -0.39 is 8.32 Å². The van der Waals surface area contributed by atoms with Crippen molar-refractivity contribution in [3.05, 3.63) is 47.7 Å². The maximum absolute atomic E-state index is 11.2. The molecule has 0 aliphatic carbocycles. The normalized spacial score (nSPS) is 11.6. The summed E-state index contributed by atoms with van der Waals surface area (Å²) in [5.74, 6) is -0.306. The third-order valence-electron chi connectivity index (χ3n) is 2.25. The SMILES string of the molecule is COC(=O)c1ccc(CC=CO[Si](C)(C)C)cc1. The minimum absolute atomic E-state index is 0.306. The van der Waals surface area contributed by atoms with Gasteiger partial charge in [-0.2, -0.15) is 0 Å². The second kappa shape index (κ2) is 6.40. The fourth-order valence-corrected chi connectivity index (χ4v) is 1.84. The minimum Gasteiger partial charge on any atom is -0.550 e. The third kappa shape index (κ3) is 5.18. The van der Waals surface area contributed by atoms with Gasteiger partial charge in [-0.1, -0.05) is 12.1 Å². The summed E-state index contributed by atoms with van der Waals surface area (Å²) >= 11 is 0. The van der Waals surface area contributed by atoms with Gasteiger partial charge in [0, 0.05) is 0 Å². The first-order valence-electron chi connectivity index (χ1n) is 5.92. The van der Waals surface area contributed by atoms with Crippen molar-refractivity contribution in [2.75, 3.05) is 7.11 Å². The van der Waals surface area contributed by atoms with Crippen molar-refractivity contribution in [3.8, 4) is 0 Å². The molecule has 0 atom stereocenters. The number of methoxy groups -OCH3 is 1. The summed E-state index contributed by atoms with van der Waals surface area (Å²) in [6.45, 7) is 6.42. The van der Waals surface area contributed by atoms with E-state index in [9.17, 15) is 4.79 Å². The first-order valence-corrected chi connectivity index (χ1v) is 9.33. The number of carbonyl (C=O) groups excluding carboxylic acids is 1. The van der Waals surface area contributed by atoms with Gasteiger partial charge in [-0.15, -0.1) is 0 Å². The Morgan fingerprint density at radius 2 is 1.83 bits per heavy atom. The van der Waals surface area contributed by atoms with Gasteiger partial charge in [-0.25, -0.2) is 4.79 Å². The van der Waals surface area contributed by atoms with Crippen molar-refractivity contribution < 1.29 is 14.0 Å². The highest BCUT2D eigenvalue weighted by atomic mass is 28.4. The summed E-state index contributed by atoms with van der Waals surface area (Å²) < 4.78 is 10.3. The van der Waals surface area contributed by atoms with Crippen LogP contribution in [0.25, 0.3) is 0 Å². The Morgan fingerprint density at radius 3 is 2.33 bits per heavy atom. The summed E-state index contributed by atoms with van der Waals surface area (Å²) in [6.07, 6.45) is 4.57. The van der Waals surface area contributed by atoms with E-state index in [1.807, 2.05) is 18.2 Å². The van der Waals surface area contributed by atoms with Crippen LogP contribution < -0.4 is 0 Å². The quantitative estimate of drug-likeness (QED) is 0.464. The van der Waals surface area contributed by atoms with Crippen molar-refractivity contribution in [1.82, 2.24) is 0 Å². The van der Waals surface area contributed by atoms with Gasteiger partial charge < -0.3 is 9.16 Å². The molecule has 1 rings (SSSR count). The first-order chi connectivity index (χ1) is 8.42. The summed E-state index contributed by atoms with van der Waals surface area (Å²) in [5.41, 5.74) is 1.71. The molecule has 0 saturated carbocycles. The van der Waals surface area contributed by atoms with Crippen LogP contribution in [0.2, 0.25) is 19.6 Å². The van der Waals surface area contributed by atoms with Crippen molar-refractivity contribution in [1.29, 1.82) is 0 Å². The first kappa shape index (κ1) is 14.5. The lowest BCUT2D eigenvalue weighted by Crippen LogP contribution is -2.21. The Bertz CT molecular complexity index is 416. The largest absolute Gasteiger partial charge is 0.550 e. The summed E-state index contributed by atoms with van der Waals surface area (Å²) in [6, 6.07) is 7.39. The predicted molar refractivity (Wildman–Crippen MR) is 75.1 cm³/mol. The summed E-state index contributed by atoms with van der Waals surface area (Å²) in [4.78, 5) is 11.2. The zero-order valence-electron chi connectivity index (χ0n) is 11.4. The van der Waals surface area contributed by atoms with Gasteiger partial charge >= 0.3 is 5.97 Å². The van der Waals surface area contributed by atoms with Crippen LogP contribution in [0.15, 0.2) is 36.6 Å². The molecule has 0 unspecified atom stereocenters. The average Bonchev–Trinajstić information content (AvgIpc) is 2.33. The lowest BCUT2D eigenvalue weighted by atomic mass is 10.1. The van der Waals surface area contributed by atoms with E-state index in [-0.39, 0.29) is 5.97 Å². The molecule has 0 aliphatic heterocycles. The van der Waals surface area contributed by atoms with Crippen LogP contribution in [0.3, 0.4) is 0 Å². The van der Waals surface area contributed by atoms with Gasteiger partial charge in [0.2, 0.25) is 8.32 Å². The van der Waals surface area contributed by atoms with Crippen LogP contribution in [0, 0.1) is 0 Å². The summed E-state index contributed by atoms with van der Waals surface area (Å²) in [7, 11) is -0.0905. The Morgan fingerprint density at radius 1 is 1.22 bits per heavy atom. The molecule has 0 N–H and O–H groups in total. The number of rotatable bonds is 5. The number of allylic oxidation sites excluding steroid dienone is 1. The average molecular weight is 264 g/mol. The molecule has 0 aliphatic rings. The van der Waals surface area contributed by atoms with Gasteiger partial charge in [-0.05, 0) is 49.8 Å². The zero-order chi connectivity index (χ0) is 13.6. The number of benzene rings is 1. The molecule has 0 fully saturated rings. The molecule has 0 heterocycles. The molecule has 0 spiro atoms. The minimum atomic E-state index is -1.47. The fourth-order valence-electron chi connectivity index (χ4n) is 1.33. The molecule has 18 heavy (non-hydrogen) atoms. The number of esters is 1. The maximum Gasteiger partial charge on any atom is 0.337 e. The second-order valence-corrected chi connectivity index (χ2v) is 9.46. The topological polar surface area (TPSA) is 35.5 Å². The number of ether oxygens (including phenoxy) is 1. The Labute approximate surface area is 110 Å². The molecule has 98 valence electrons. The molecule has 0 bridgehead atoms. The highest BCUT2D eigenvalue weighted by molar-refractivity contribution is 6.69. The third-order valence-corrected chi connectivity index (χ3v) is 3.09. The van der Waals surface area contributed by atoms with Gasteiger partial charge in [0.15, 0.2) is 0 Å². The van der Waals surface area contributed by atoms with Crippen molar-refractivity contribution in [2.45, 2.75) is 26.1 Å². The van der Waals surface area contributed by atoms with E-state index in [1.165, 1.54) is 7.11 Å². The highest BCUT2D eigenvalue weighted by Gasteiger charge is 2.12. The predicted octanol–water partition coefficient (Wildman–Crippen LogP) is 3.38. The van der Waals surface area contributed by atoms with Gasteiger partial charge in [0.1, 0.15) is 0 Å². The van der Waals surface area contributed by atoms with E-state index in [0.29, 0.717) is 5.56 Å². The number of hydrogen-bond acceptors (Lipinski definition) is 3. The fraction of sp³-hybridized carbons (Fsp3) is 0.357. The van der Waals surface area contributed by atoms with Crippen LogP contribution in [0.4, 0.5) is 0 Å². The number of hydrogen-bond donors (Lipinski definition) is 0. The second-order valence-electron chi connectivity index (χ2n) is 4.99. The zero-order valence-corrected chi connectivity index (χ0v) is 12.4. The standard InChI is InChI=1S/C14H20O3Si/c1-16-14(15)13-9-7-12(8-10-13)6-5-11-17-18(2,3)4/h5,7-11H,6H2,1-4H3. The Kier molecular flexibility index (Phi) is 5.16. The van der Waals surface area contributed by atoms with Crippen molar-refractivity contribution >= 4 is 14.3 Å². The van der Waals surface area contributed by atoms with Crippen LogP contribution in [-0.4, -0.2) is 21.4 Å². The van der Waals surface area contributed by atoms with Gasteiger partial charge in [0.05, 0.1) is 18.9 Å². The Hall–Kier alpha value is -1.55. The monoisotopic (exact) mass is 264 g/mol. The molecule has 1 aromatic carbocycles. The van der Waals surface area contributed by atoms with E-state index in [4.69, 9.17) is 4.43 Å². The molecule has 0 radical (unpaired) electrons. The van der Waals surface area contributed by atoms with Crippen molar-refractivity contribution in [2.24, 2.45) is 0 Å². The molecule has 1 aromatic rings. The molecule has 3 nitrogen and oxygen atoms in total. The van der Waals surface area contributed by atoms with E-state index in [0.717, 1.165) is 12.0 Å². The van der Waals surface area contributed by atoms with Gasteiger partial charge in [-0.3, -0.25) is 0 Å². The molecular weight excluding hydrogens is 244 g/mol. The van der Waals surface area contributed by atoms with E-state index in [1.54, 1.807) is 18.4 Å². The summed E-state index contributed by atoms with van der Waals surface area (Å²) in [5, 5.41) is 0. The molecule has 4 heteroatoms. The van der Waals surface area contributed by atoms with Crippen LogP contribution in [0.5, 0.6) is 0 Å². The van der Waals surface area contributed by atoms with Gasteiger partial charge in [0.25, 0.3) is 0 Å². The lowest BCUT2D eigenvalue weighted by molar-refractivity contribution is 0.0600. The van der Waals surface area contributed by atoms with Crippen LogP contribution in [-0.2, 0) is 15.6 Å². The van der Waals surface area contributed by atoms with E-state index in [2.05, 4.69) is 24.4 Å². The maximum atomic E-state index is 11.2. The van der Waals surface area contributed by atoms with E-state index >= 15 is 0 Å². The molecule has 0 saturated heterocycles. The Balaban J connectivity index is 2.52. The number of carbonyl (C=O) groups is 1. The van der Waals surface area contributed by atoms with Crippen molar-refractivity contribution in [3.63, 3.8) is 0 Å². The smallest absolute Gasteiger partial charge is 0.337 e. The van der Waals surface area contributed by atoms with Crippen LogP contribution >= 0.6 is 0 Å². The molecule has 0 amide bonds. The van der Waals surface area contributed by atoms with Crippen LogP contribution in [0.1, 0.15) is 15.9 Å².